The maximum atomic E-state index is 12.0. The lowest BCUT2D eigenvalue weighted by molar-refractivity contribution is -0.122. The topological polar surface area (TPSA) is 49.3 Å². The highest BCUT2D eigenvalue weighted by molar-refractivity contribution is 8.00. The van der Waals surface area contributed by atoms with Gasteiger partial charge in [-0.3, -0.25) is 4.79 Å². The quantitative estimate of drug-likeness (QED) is 0.705. The molecule has 0 aromatic heterocycles. The van der Waals surface area contributed by atoms with Gasteiger partial charge < -0.3 is 10.4 Å². The number of carbonyl (C=O) groups excluding carboxylic acids is 1. The van der Waals surface area contributed by atoms with E-state index in [-0.39, 0.29) is 11.2 Å². The van der Waals surface area contributed by atoms with Crippen LogP contribution in [0.3, 0.4) is 0 Å². The fraction of sp³-hybridized carbons (Fsp3) is 0.923. The van der Waals surface area contributed by atoms with Gasteiger partial charge in [0, 0.05) is 6.54 Å². The van der Waals surface area contributed by atoms with Crippen LogP contribution in [0.5, 0.6) is 0 Å². The largest absolute Gasteiger partial charge is 0.388 e. The Labute approximate surface area is 110 Å². The number of amides is 1. The Balaban J connectivity index is 4.32. The molecule has 0 aliphatic heterocycles. The van der Waals surface area contributed by atoms with Gasteiger partial charge in [0.05, 0.1) is 10.9 Å². The minimum Gasteiger partial charge on any atom is -0.388 e. The molecule has 0 radical (unpaired) electrons. The van der Waals surface area contributed by atoms with E-state index in [0.29, 0.717) is 25.3 Å². The maximum Gasteiger partial charge on any atom is 0.233 e. The van der Waals surface area contributed by atoms with Gasteiger partial charge in [0.25, 0.3) is 0 Å². The Hall–Kier alpha value is -0.220. The number of nitrogens with one attached hydrogen (secondary N) is 1. The summed E-state index contributed by atoms with van der Waals surface area (Å²) in [5, 5.41) is 13.0. The molecule has 0 heterocycles. The monoisotopic (exact) mass is 261 g/mol. The maximum absolute atomic E-state index is 12.0. The van der Waals surface area contributed by atoms with Crippen LogP contribution < -0.4 is 5.32 Å². The summed E-state index contributed by atoms with van der Waals surface area (Å²) in [6.07, 6.45) is 1.33. The minimum atomic E-state index is -0.756. The Morgan fingerprint density at radius 1 is 1.29 bits per heavy atom. The summed E-state index contributed by atoms with van der Waals surface area (Å²) in [5.41, 5.74) is -0.756. The summed E-state index contributed by atoms with van der Waals surface area (Å²) in [7, 11) is 0. The molecule has 0 aliphatic carbocycles. The smallest absolute Gasteiger partial charge is 0.233 e. The van der Waals surface area contributed by atoms with E-state index in [1.165, 1.54) is 0 Å². The molecule has 0 aromatic carbocycles. The van der Waals surface area contributed by atoms with Crippen LogP contribution in [0.4, 0.5) is 0 Å². The number of thioether (sulfide) groups is 1. The summed E-state index contributed by atoms with van der Waals surface area (Å²) in [6, 6.07) is 0. The van der Waals surface area contributed by atoms with Crippen molar-refractivity contribution in [2.45, 2.75) is 58.3 Å². The molecule has 0 rings (SSSR count). The molecule has 3 nitrogen and oxygen atoms in total. The first kappa shape index (κ1) is 16.8. The molecule has 17 heavy (non-hydrogen) atoms. The second kappa shape index (κ2) is 7.98. The molecular formula is C13H27NO2S. The highest BCUT2D eigenvalue weighted by atomic mass is 32.2. The highest BCUT2D eigenvalue weighted by Gasteiger charge is 2.26. The van der Waals surface area contributed by atoms with Crippen molar-refractivity contribution in [3.05, 3.63) is 0 Å². The van der Waals surface area contributed by atoms with E-state index in [0.717, 1.165) is 5.75 Å². The molecule has 0 aliphatic rings. The van der Waals surface area contributed by atoms with Gasteiger partial charge in [-0.2, -0.15) is 0 Å². The molecule has 4 heteroatoms. The van der Waals surface area contributed by atoms with Crippen LogP contribution in [0.2, 0.25) is 0 Å². The van der Waals surface area contributed by atoms with Crippen molar-refractivity contribution in [2.24, 2.45) is 5.92 Å². The molecular weight excluding hydrogens is 234 g/mol. The molecule has 102 valence electrons. The van der Waals surface area contributed by atoms with Gasteiger partial charge in [-0.05, 0) is 24.5 Å². The third-order valence-electron chi connectivity index (χ3n) is 3.12. The fourth-order valence-electron chi connectivity index (χ4n) is 1.60. The van der Waals surface area contributed by atoms with Gasteiger partial charge >= 0.3 is 0 Å². The van der Waals surface area contributed by atoms with Crippen molar-refractivity contribution in [1.29, 1.82) is 0 Å². The van der Waals surface area contributed by atoms with Crippen molar-refractivity contribution >= 4 is 17.7 Å². The van der Waals surface area contributed by atoms with Gasteiger partial charge in [-0.25, -0.2) is 0 Å². The zero-order valence-electron chi connectivity index (χ0n) is 11.7. The molecule has 2 N–H and O–H groups in total. The fourth-order valence-corrected chi connectivity index (χ4v) is 2.58. The summed E-state index contributed by atoms with van der Waals surface area (Å²) in [6.45, 7) is 10.4. The Bertz CT molecular complexity index is 227. The van der Waals surface area contributed by atoms with Gasteiger partial charge in [0.1, 0.15) is 0 Å². The molecule has 0 bridgehead atoms. The first-order chi connectivity index (χ1) is 7.90. The van der Waals surface area contributed by atoms with Gasteiger partial charge in [-0.15, -0.1) is 11.8 Å². The van der Waals surface area contributed by atoms with Crippen molar-refractivity contribution in [2.75, 3.05) is 12.3 Å². The minimum absolute atomic E-state index is 0.0158. The van der Waals surface area contributed by atoms with E-state index in [2.05, 4.69) is 26.1 Å². The number of hydrogen-bond donors (Lipinski definition) is 2. The van der Waals surface area contributed by atoms with E-state index in [1.807, 2.05) is 13.8 Å². The number of hydrogen-bond acceptors (Lipinski definition) is 3. The zero-order chi connectivity index (χ0) is 13.5. The third-order valence-corrected chi connectivity index (χ3v) is 4.57. The van der Waals surface area contributed by atoms with Gasteiger partial charge in [-0.1, -0.05) is 34.6 Å². The van der Waals surface area contributed by atoms with Crippen molar-refractivity contribution in [3.63, 3.8) is 0 Å². The molecule has 0 aromatic rings. The molecule has 0 fully saturated rings. The first-order valence-electron chi connectivity index (χ1n) is 6.51. The lowest BCUT2D eigenvalue weighted by atomic mass is 9.97. The standard InChI is InChI=1S/C13H27NO2S/c1-6-13(16,7-2)9-14-12(15)11(10(4)5)17-8-3/h10-11,16H,6-9H2,1-5H3,(H,14,15). The van der Waals surface area contributed by atoms with Crippen LogP contribution >= 0.6 is 11.8 Å². The molecule has 1 amide bonds. The summed E-state index contributed by atoms with van der Waals surface area (Å²) >= 11 is 1.66. The second-order valence-corrected chi connectivity index (χ2v) is 6.19. The lowest BCUT2D eigenvalue weighted by Gasteiger charge is -2.27. The van der Waals surface area contributed by atoms with E-state index >= 15 is 0 Å². The zero-order valence-corrected chi connectivity index (χ0v) is 12.6. The van der Waals surface area contributed by atoms with Crippen molar-refractivity contribution < 1.29 is 9.90 Å². The number of rotatable bonds is 8. The number of carbonyl (C=O) groups is 1. The Morgan fingerprint density at radius 2 is 1.82 bits per heavy atom. The predicted octanol–water partition coefficient (Wildman–Crippen LogP) is 2.43. The molecule has 0 spiro atoms. The second-order valence-electron chi connectivity index (χ2n) is 4.77. The van der Waals surface area contributed by atoms with Crippen LogP contribution in [-0.2, 0) is 4.79 Å². The summed E-state index contributed by atoms with van der Waals surface area (Å²) < 4.78 is 0. The predicted molar refractivity (Wildman–Crippen MR) is 75.3 cm³/mol. The van der Waals surface area contributed by atoms with E-state index < -0.39 is 5.60 Å². The van der Waals surface area contributed by atoms with E-state index in [1.54, 1.807) is 11.8 Å². The average Bonchev–Trinajstić information content (AvgIpc) is 2.32. The van der Waals surface area contributed by atoms with Crippen LogP contribution in [-0.4, -0.2) is 34.2 Å². The summed E-state index contributed by atoms with van der Waals surface area (Å²) in [4.78, 5) is 12.0. The van der Waals surface area contributed by atoms with Crippen LogP contribution in [0.25, 0.3) is 0 Å². The lowest BCUT2D eigenvalue weighted by Crippen LogP contribution is -2.45. The molecule has 0 saturated heterocycles. The Kier molecular flexibility index (Phi) is 7.88. The van der Waals surface area contributed by atoms with Crippen molar-refractivity contribution in [1.82, 2.24) is 5.32 Å². The highest BCUT2D eigenvalue weighted by Crippen LogP contribution is 2.20. The van der Waals surface area contributed by atoms with Crippen LogP contribution in [0.15, 0.2) is 0 Å². The molecule has 1 unspecified atom stereocenters. The van der Waals surface area contributed by atoms with Gasteiger partial charge in [0.15, 0.2) is 0 Å². The number of aliphatic hydroxyl groups is 1. The molecule has 1 atom stereocenters. The van der Waals surface area contributed by atoms with Crippen molar-refractivity contribution in [3.8, 4) is 0 Å². The van der Waals surface area contributed by atoms with Gasteiger partial charge in [0.2, 0.25) is 5.91 Å². The first-order valence-corrected chi connectivity index (χ1v) is 7.56. The molecule has 0 saturated carbocycles. The third kappa shape index (κ3) is 5.77. The van der Waals surface area contributed by atoms with Crippen LogP contribution in [0, 0.1) is 5.92 Å². The van der Waals surface area contributed by atoms with E-state index in [4.69, 9.17) is 0 Å². The van der Waals surface area contributed by atoms with E-state index in [9.17, 15) is 9.90 Å². The normalized spacial score (nSPS) is 13.8. The summed E-state index contributed by atoms with van der Waals surface area (Å²) in [5.74, 6) is 1.30. The SMILES string of the molecule is CCSC(C(=O)NCC(O)(CC)CC)C(C)C. The average molecular weight is 261 g/mol. The van der Waals surface area contributed by atoms with Crippen LogP contribution in [0.1, 0.15) is 47.5 Å². The Morgan fingerprint density at radius 3 is 2.18 bits per heavy atom.